The lowest BCUT2D eigenvalue weighted by Gasteiger charge is -2.50. The van der Waals surface area contributed by atoms with Crippen LogP contribution in [0.25, 0.3) is 0 Å². The molecule has 1 amide bonds. The maximum atomic E-state index is 11.3. The lowest BCUT2D eigenvalue weighted by atomic mass is 9.79. The molecule has 0 saturated carbocycles. The predicted octanol–water partition coefficient (Wildman–Crippen LogP) is 0.437. The van der Waals surface area contributed by atoms with Crippen LogP contribution in [-0.4, -0.2) is 43.3 Å². The van der Waals surface area contributed by atoms with E-state index in [2.05, 4.69) is 12.2 Å². The number of hydrogen-bond donors (Lipinski definition) is 1. The molecule has 2 rings (SSSR count). The monoisotopic (exact) mass is 184 g/mol. The fraction of sp³-hybridized carbons (Fsp3) is 0.889. The Morgan fingerprint density at radius 2 is 2.46 bits per heavy atom. The smallest absolute Gasteiger partial charge is 0.410 e. The lowest BCUT2D eigenvalue weighted by Crippen LogP contribution is -2.65. The second kappa shape index (κ2) is 2.87. The number of likely N-dealkylation sites (N-methyl/N-ethyl adjacent to an activating group) is 1. The van der Waals surface area contributed by atoms with E-state index in [0.717, 1.165) is 19.5 Å². The first-order valence-electron chi connectivity index (χ1n) is 4.76. The maximum Gasteiger partial charge on any atom is 0.410 e. The van der Waals surface area contributed by atoms with Crippen LogP contribution in [0.4, 0.5) is 4.79 Å². The van der Waals surface area contributed by atoms with Crippen molar-refractivity contribution < 1.29 is 9.53 Å². The number of hydrogen-bond acceptors (Lipinski definition) is 3. The van der Waals surface area contributed by atoms with E-state index in [1.165, 1.54) is 0 Å². The first-order valence-corrected chi connectivity index (χ1v) is 4.76. The summed E-state index contributed by atoms with van der Waals surface area (Å²) in [6.07, 6.45) is 0.899. The summed E-state index contributed by atoms with van der Waals surface area (Å²) in [6.45, 7) is 4.63. The molecule has 2 unspecified atom stereocenters. The number of nitrogens with zero attached hydrogens (tertiary/aromatic N) is 1. The zero-order valence-electron chi connectivity index (χ0n) is 8.17. The number of amides is 1. The van der Waals surface area contributed by atoms with E-state index < -0.39 is 0 Å². The molecule has 0 aromatic carbocycles. The van der Waals surface area contributed by atoms with Crippen molar-refractivity contribution >= 4 is 6.09 Å². The fourth-order valence-corrected chi connectivity index (χ4v) is 2.21. The SMILES string of the molecule is CN1C(=O)OCC2CCNCC21C. The molecule has 2 heterocycles. The largest absolute Gasteiger partial charge is 0.449 e. The van der Waals surface area contributed by atoms with Gasteiger partial charge in [-0.25, -0.2) is 4.79 Å². The Bertz CT molecular complexity index is 232. The fourth-order valence-electron chi connectivity index (χ4n) is 2.21. The lowest BCUT2D eigenvalue weighted by molar-refractivity contribution is -0.0405. The first kappa shape index (κ1) is 8.81. The molecule has 0 radical (unpaired) electrons. The van der Waals surface area contributed by atoms with Gasteiger partial charge in [0.15, 0.2) is 0 Å². The van der Waals surface area contributed by atoms with Gasteiger partial charge in [-0.15, -0.1) is 0 Å². The van der Waals surface area contributed by atoms with E-state index in [-0.39, 0.29) is 11.6 Å². The summed E-state index contributed by atoms with van der Waals surface area (Å²) >= 11 is 0. The van der Waals surface area contributed by atoms with Gasteiger partial charge < -0.3 is 15.0 Å². The maximum absolute atomic E-state index is 11.3. The molecule has 0 aromatic rings. The van der Waals surface area contributed by atoms with Crippen molar-refractivity contribution in [3.63, 3.8) is 0 Å². The summed E-state index contributed by atoms with van der Waals surface area (Å²) in [7, 11) is 1.82. The van der Waals surface area contributed by atoms with E-state index in [4.69, 9.17) is 4.74 Å². The molecule has 2 aliphatic rings. The number of carbonyl (C=O) groups excluding carboxylic acids is 1. The molecule has 74 valence electrons. The van der Waals surface area contributed by atoms with Gasteiger partial charge >= 0.3 is 6.09 Å². The van der Waals surface area contributed by atoms with Crippen LogP contribution in [0.3, 0.4) is 0 Å². The average molecular weight is 184 g/mol. The molecule has 13 heavy (non-hydrogen) atoms. The van der Waals surface area contributed by atoms with Crippen molar-refractivity contribution in [1.29, 1.82) is 0 Å². The molecule has 0 spiro atoms. The van der Waals surface area contributed by atoms with Gasteiger partial charge in [-0.1, -0.05) is 0 Å². The van der Waals surface area contributed by atoms with Crippen molar-refractivity contribution in [3.8, 4) is 0 Å². The predicted molar refractivity (Wildman–Crippen MR) is 48.5 cm³/mol. The topological polar surface area (TPSA) is 41.6 Å². The van der Waals surface area contributed by atoms with Crippen LogP contribution >= 0.6 is 0 Å². The Hall–Kier alpha value is -0.770. The van der Waals surface area contributed by atoms with E-state index >= 15 is 0 Å². The molecule has 4 nitrogen and oxygen atoms in total. The molecule has 2 saturated heterocycles. The van der Waals surface area contributed by atoms with Crippen LogP contribution in [0.5, 0.6) is 0 Å². The number of carbonyl (C=O) groups is 1. The Balaban J connectivity index is 2.22. The minimum Gasteiger partial charge on any atom is -0.449 e. The van der Waals surface area contributed by atoms with Crippen molar-refractivity contribution in [2.24, 2.45) is 5.92 Å². The zero-order chi connectivity index (χ0) is 9.47. The van der Waals surface area contributed by atoms with Crippen molar-refractivity contribution in [1.82, 2.24) is 10.2 Å². The molecule has 0 aliphatic carbocycles. The summed E-state index contributed by atoms with van der Waals surface area (Å²) in [4.78, 5) is 13.1. The minimum absolute atomic E-state index is 0.0480. The molecule has 2 fully saturated rings. The third-order valence-corrected chi connectivity index (χ3v) is 3.48. The second-order valence-corrected chi connectivity index (χ2v) is 4.16. The summed E-state index contributed by atoms with van der Waals surface area (Å²) < 4.78 is 5.08. The Morgan fingerprint density at radius 1 is 1.69 bits per heavy atom. The Morgan fingerprint density at radius 3 is 3.23 bits per heavy atom. The van der Waals surface area contributed by atoms with Gasteiger partial charge in [-0.05, 0) is 19.9 Å². The molecule has 0 aromatic heterocycles. The van der Waals surface area contributed by atoms with Crippen LogP contribution in [-0.2, 0) is 4.74 Å². The molecular weight excluding hydrogens is 168 g/mol. The molecule has 0 bridgehead atoms. The number of cyclic esters (lactones) is 1. The van der Waals surface area contributed by atoms with Gasteiger partial charge in [0.05, 0.1) is 12.1 Å². The van der Waals surface area contributed by atoms with Gasteiger partial charge in [0.1, 0.15) is 0 Å². The second-order valence-electron chi connectivity index (χ2n) is 4.16. The van der Waals surface area contributed by atoms with Gasteiger partial charge in [0.2, 0.25) is 0 Å². The van der Waals surface area contributed by atoms with Crippen molar-refractivity contribution in [2.75, 3.05) is 26.7 Å². The molecule has 2 aliphatic heterocycles. The van der Waals surface area contributed by atoms with Crippen LogP contribution in [0.15, 0.2) is 0 Å². The quantitative estimate of drug-likeness (QED) is 0.594. The summed E-state index contributed by atoms with van der Waals surface area (Å²) in [5, 5.41) is 3.33. The number of fused-ring (bicyclic) bond motifs is 1. The Kier molecular flexibility index (Phi) is 1.95. The van der Waals surface area contributed by atoms with Gasteiger partial charge in [-0.2, -0.15) is 0 Å². The Labute approximate surface area is 78.2 Å². The standard InChI is InChI=1S/C9H16N2O2/c1-9-6-10-4-3-7(9)5-13-8(12)11(9)2/h7,10H,3-6H2,1-2H3. The van der Waals surface area contributed by atoms with E-state index in [1.807, 2.05) is 7.05 Å². The average Bonchev–Trinajstić information content (AvgIpc) is 2.13. The van der Waals surface area contributed by atoms with Crippen LogP contribution in [0.2, 0.25) is 0 Å². The molecule has 4 heteroatoms. The van der Waals surface area contributed by atoms with Crippen molar-refractivity contribution in [3.05, 3.63) is 0 Å². The number of nitrogens with one attached hydrogen (secondary N) is 1. The van der Waals surface area contributed by atoms with Gasteiger partial charge in [-0.3, -0.25) is 0 Å². The highest BCUT2D eigenvalue weighted by atomic mass is 16.6. The van der Waals surface area contributed by atoms with E-state index in [9.17, 15) is 4.79 Å². The van der Waals surface area contributed by atoms with Gasteiger partial charge in [0, 0.05) is 19.5 Å². The summed E-state index contributed by atoms with van der Waals surface area (Å²) in [6, 6.07) is 0. The minimum atomic E-state index is -0.192. The number of rotatable bonds is 0. The zero-order valence-corrected chi connectivity index (χ0v) is 8.17. The highest BCUT2D eigenvalue weighted by Gasteiger charge is 2.46. The number of ether oxygens (including phenoxy) is 1. The highest BCUT2D eigenvalue weighted by molar-refractivity contribution is 5.69. The number of piperidine rings is 1. The molecule has 2 atom stereocenters. The van der Waals surface area contributed by atoms with Crippen LogP contribution < -0.4 is 5.32 Å². The first-order chi connectivity index (χ1) is 6.14. The van der Waals surface area contributed by atoms with Crippen molar-refractivity contribution in [2.45, 2.75) is 18.9 Å². The summed E-state index contributed by atoms with van der Waals surface area (Å²) in [5.74, 6) is 0.483. The normalized spacial score (nSPS) is 39.7. The van der Waals surface area contributed by atoms with Crippen LogP contribution in [0.1, 0.15) is 13.3 Å². The van der Waals surface area contributed by atoms with Gasteiger partial charge in [0.25, 0.3) is 0 Å². The van der Waals surface area contributed by atoms with Crippen LogP contribution in [0, 0.1) is 5.92 Å². The van der Waals surface area contributed by atoms with E-state index in [0.29, 0.717) is 12.5 Å². The third-order valence-electron chi connectivity index (χ3n) is 3.48. The van der Waals surface area contributed by atoms with E-state index in [1.54, 1.807) is 4.90 Å². The summed E-state index contributed by atoms with van der Waals surface area (Å²) in [5.41, 5.74) is -0.0480. The third kappa shape index (κ3) is 1.20. The highest BCUT2D eigenvalue weighted by Crippen LogP contribution is 2.32. The molecule has 1 N–H and O–H groups in total. The molecular formula is C9H16N2O2.